The molecular weight excluding hydrogens is 226 g/mol. The summed E-state index contributed by atoms with van der Waals surface area (Å²) in [5.74, 6) is 0. The zero-order valence-electron chi connectivity index (χ0n) is 9.99. The molecule has 0 radical (unpaired) electrons. The fourth-order valence-corrected chi connectivity index (χ4v) is 1.62. The Morgan fingerprint density at radius 1 is 0.889 bits per heavy atom. The molecule has 92 valence electrons. The Balaban J connectivity index is 2.33. The average Bonchev–Trinajstić information content (AvgIpc) is 2.46. The van der Waals surface area contributed by atoms with E-state index in [-0.39, 0.29) is 13.2 Å². The molecule has 0 aliphatic carbocycles. The second kappa shape index (κ2) is 6.57. The van der Waals surface area contributed by atoms with Crippen molar-refractivity contribution in [1.29, 1.82) is 0 Å². The Hall–Kier alpha value is -2.13. The predicted octanol–water partition coefficient (Wildman–Crippen LogP) is 2.45. The van der Waals surface area contributed by atoms with Gasteiger partial charge in [-0.05, 0) is 0 Å². The number of aliphatic hydroxyl groups is 1. The van der Waals surface area contributed by atoms with Crippen LogP contribution in [0.15, 0.2) is 65.8 Å². The van der Waals surface area contributed by atoms with Gasteiger partial charge in [-0.25, -0.2) is 0 Å². The van der Waals surface area contributed by atoms with Crippen LogP contribution in [0.1, 0.15) is 11.1 Å². The van der Waals surface area contributed by atoms with Crippen LogP contribution in [0, 0.1) is 0 Å². The van der Waals surface area contributed by atoms with Crippen molar-refractivity contribution in [2.75, 3.05) is 13.2 Å². The van der Waals surface area contributed by atoms with Gasteiger partial charge in [0.1, 0.15) is 12.3 Å². The summed E-state index contributed by atoms with van der Waals surface area (Å²) in [6.45, 7) is 0.156. The van der Waals surface area contributed by atoms with Crippen LogP contribution in [-0.2, 0) is 4.84 Å². The zero-order chi connectivity index (χ0) is 12.6. The maximum absolute atomic E-state index is 8.73. The van der Waals surface area contributed by atoms with Gasteiger partial charge in [0.25, 0.3) is 0 Å². The van der Waals surface area contributed by atoms with Crippen LogP contribution in [0.4, 0.5) is 0 Å². The number of aliphatic hydroxyl groups excluding tert-OH is 1. The third-order valence-electron chi connectivity index (χ3n) is 2.43. The van der Waals surface area contributed by atoms with Gasteiger partial charge in [-0.15, -0.1) is 0 Å². The Kier molecular flexibility index (Phi) is 4.50. The lowest BCUT2D eigenvalue weighted by atomic mass is 10.0. The summed E-state index contributed by atoms with van der Waals surface area (Å²) in [5.41, 5.74) is 2.74. The molecule has 0 aliphatic rings. The highest BCUT2D eigenvalue weighted by atomic mass is 16.6. The minimum absolute atomic E-state index is 0.0413. The summed E-state index contributed by atoms with van der Waals surface area (Å²) in [4.78, 5) is 5.09. The van der Waals surface area contributed by atoms with Crippen molar-refractivity contribution in [3.8, 4) is 0 Å². The first-order chi connectivity index (χ1) is 8.92. The molecule has 2 rings (SSSR count). The van der Waals surface area contributed by atoms with E-state index in [0.29, 0.717) is 0 Å². The highest BCUT2D eigenvalue weighted by Gasteiger charge is 2.06. The minimum atomic E-state index is -0.0413. The number of nitrogens with zero attached hydrogens (tertiary/aromatic N) is 1. The fourth-order valence-electron chi connectivity index (χ4n) is 1.62. The quantitative estimate of drug-likeness (QED) is 0.496. The molecule has 0 aromatic heterocycles. The van der Waals surface area contributed by atoms with E-state index in [1.807, 2.05) is 60.7 Å². The van der Waals surface area contributed by atoms with Crippen LogP contribution in [-0.4, -0.2) is 24.0 Å². The van der Waals surface area contributed by atoms with Crippen LogP contribution < -0.4 is 0 Å². The van der Waals surface area contributed by atoms with E-state index < -0.39 is 0 Å². The Morgan fingerprint density at radius 3 is 1.83 bits per heavy atom. The SMILES string of the molecule is OCCON=C(c1ccccc1)c1ccccc1. The normalized spacial score (nSPS) is 9.83. The Bertz CT molecular complexity index is 453. The van der Waals surface area contributed by atoms with Crippen molar-refractivity contribution in [3.63, 3.8) is 0 Å². The van der Waals surface area contributed by atoms with Gasteiger partial charge < -0.3 is 9.94 Å². The van der Waals surface area contributed by atoms with Crippen molar-refractivity contribution in [3.05, 3.63) is 71.8 Å². The number of rotatable bonds is 5. The van der Waals surface area contributed by atoms with Crippen molar-refractivity contribution >= 4 is 5.71 Å². The second-order valence-corrected chi connectivity index (χ2v) is 3.73. The van der Waals surface area contributed by atoms with Crippen LogP contribution in [0.25, 0.3) is 0 Å². The third-order valence-corrected chi connectivity index (χ3v) is 2.43. The van der Waals surface area contributed by atoms with Gasteiger partial charge in [0.05, 0.1) is 6.61 Å². The minimum Gasteiger partial charge on any atom is -0.393 e. The molecule has 0 spiro atoms. The standard InChI is InChI=1S/C15H15NO2/c17-11-12-18-16-15(13-7-3-1-4-8-13)14-9-5-2-6-10-14/h1-10,17H,11-12H2. The summed E-state index contributed by atoms with van der Waals surface area (Å²) in [6, 6.07) is 19.7. The third kappa shape index (κ3) is 3.18. The van der Waals surface area contributed by atoms with E-state index in [1.54, 1.807) is 0 Å². The second-order valence-electron chi connectivity index (χ2n) is 3.73. The molecule has 0 fully saturated rings. The van der Waals surface area contributed by atoms with Gasteiger partial charge in [0.2, 0.25) is 0 Å². The van der Waals surface area contributed by atoms with Gasteiger partial charge >= 0.3 is 0 Å². The first-order valence-corrected chi connectivity index (χ1v) is 5.83. The Labute approximate surface area is 106 Å². The van der Waals surface area contributed by atoms with E-state index >= 15 is 0 Å². The summed E-state index contributed by atoms with van der Waals surface area (Å²) in [6.07, 6.45) is 0. The lowest BCUT2D eigenvalue weighted by molar-refractivity contribution is 0.0989. The summed E-state index contributed by atoms with van der Waals surface area (Å²) in [5, 5.41) is 12.8. The average molecular weight is 241 g/mol. The fraction of sp³-hybridized carbons (Fsp3) is 0.133. The molecule has 0 aliphatic heterocycles. The first kappa shape index (κ1) is 12.3. The largest absolute Gasteiger partial charge is 0.393 e. The molecule has 2 aromatic carbocycles. The lowest BCUT2D eigenvalue weighted by Crippen LogP contribution is -2.05. The molecule has 0 unspecified atom stereocenters. The molecular formula is C15H15NO2. The zero-order valence-corrected chi connectivity index (χ0v) is 9.99. The van der Waals surface area contributed by atoms with E-state index in [0.717, 1.165) is 16.8 Å². The van der Waals surface area contributed by atoms with Gasteiger partial charge in [0.15, 0.2) is 0 Å². The lowest BCUT2D eigenvalue weighted by Gasteiger charge is -2.06. The molecule has 3 heteroatoms. The van der Waals surface area contributed by atoms with E-state index in [1.165, 1.54) is 0 Å². The number of hydrogen-bond donors (Lipinski definition) is 1. The summed E-state index contributed by atoms with van der Waals surface area (Å²) in [7, 11) is 0. The van der Waals surface area contributed by atoms with Gasteiger partial charge in [-0.2, -0.15) is 0 Å². The van der Waals surface area contributed by atoms with Crippen LogP contribution >= 0.6 is 0 Å². The molecule has 1 N–H and O–H groups in total. The van der Waals surface area contributed by atoms with Crippen LogP contribution in [0.3, 0.4) is 0 Å². The molecule has 0 saturated heterocycles. The van der Waals surface area contributed by atoms with Gasteiger partial charge in [0, 0.05) is 11.1 Å². The maximum Gasteiger partial charge on any atom is 0.140 e. The van der Waals surface area contributed by atoms with E-state index in [9.17, 15) is 0 Å². The smallest absolute Gasteiger partial charge is 0.140 e. The number of hydrogen-bond acceptors (Lipinski definition) is 3. The molecule has 18 heavy (non-hydrogen) atoms. The molecule has 0 heterocycles. The maximum atomic E-state index is 8.73. The van der Waals surface area contributed by atoms with Crippen molar-refractivity contribution in [2.45, 2.75) is 0 Å². The van der Waals surface area contributed by atoms with Crippen LogP contribution in [0.5, 0.6) is 0 Å². The molecule has 2 aromatic rings. The highest BCUT2D eigenvalue weighted by molar-refractivity contribution is 6.12. The first-order valence-electron chi connectivity index (χ1n) is 5.83. The van der Waals surface area contributed by atoms with Gasteiger partial charge in [-0.1, -0.05) is 65.8 Å². The molecule has 0 amide bonds. The molecule has 3 nitrogen and oxygen atoms in total. The summed E-state index contributed by atoms with van der Waals surface area (Å²) >= 11 is 0. The van der Waals surface area contributed by atoms with E-state index in [4.69, 9.17) is 9.94 Å². The number of oxime groups is 1. The highest BCUT2D eigenvalue weighted by Crippen LogP contribution is 2.11. The van der Waals surface area contributed by atoms with Crippen molar-refractivity contribution in [2.24, 2.45) is 5.16 Å². The molecule has 0 bridgehead atoms. The van der Waals surface area contributed by atoms with Crippen LogP contribution in [0.2, 0.25) is 0 Å². The predicted molar refractivity (Wildman–Crippen MR) is 71.6 cm³/mol. The molecule has 0 atom stereocenters. The molecule has 0 saturated carbocycles. The van der Waals surface area contributed by atoms with Crippen molar-refractivity contribution < 1.29 is 9.94 Å². The van der Waals surface area contributed by atoms with Crippen molar-refractivity contribution in [1.82, 2.24) is 0 Å². The summed E-state index contributed by atoms with van der Waals surface area (Å²) < 4.78 is 0. The van der Waals surface area contributed by atoms with E-state index in [2.05, 4.69) is 5.16 Å². The van der Waals surface area contributed by atoms with Gasteiger partial charge in [-0.3, -0.25) is 0 Å². The number of benzene rings is 2. The Morgan fingerprint density at radius 2 is 1.39 bits per heavy atom. The topological polar surface area (TPSA) is 41.8 Å². The monoisotopic (exact) mass is 241 g/mol.